The highest BCUT2D eigenvalue weighted by Crippen LogP contribution is 2.31. The molecule has 0 aliphatic heterocycles. The van der Waals surface area contributed by atoms with Crippen molar-refractivity contribution < 1.29 is 9.47 Å². The van der Waals surface area contributed by atoms with Gasteiger partial charge in [-0.05, 0) is 26.2 Å². The molecule has 1 aromatic heterocycles. The Labute approximate surface area is 128 Å². The number of nitrogens with zero attached hydrogens (tertiary/aromatic N) is 2. The molecule has 120 valence electrons. The maximum absolute atomic E-state index is 5.92. The van der Waals surface area contributed by atoms with Crippen molar-refractivity contribution in [3.8, 4) is 11.6 Å². The fraction of sp³-hybridized carbons (Fsp3) is 0.750. The first-order valence-electron chi connectivity index (χ1n) is 8.02. The largest absolute Gasteiger partial charge is 0.489 e. The van der Waals surface area contributed by atoms with Crippen molar-refractivity contribution in [2.24, 2.45) is 0 Å². The monoisotopic (exact) mass is 295 g/mol. The minimum Gasteiger partial charge on any atom is -0.489 e. The van der Waals surface area contributed by atoms with Gasteiger partial charge in [0, 0.05) is 6.54 Å². The summed E-state index contributed by atoms with van der Waals surface area (Å²) in [6.07, 6.45) is 8.68. The average Bonchev–Trinajstić information content (AvgIpc) is 2.49. The van der Waals surface area contributed by atoms with E-state index in [1.807, 2.05) is 0 Å². The van der Waals surface area contributed by atoms with Crippen LogP contribution in [0.1, 0.15) is 59.3 Å². The van der Waals surface area contributed by atoms with E-state index in [4.69, 9.17) is 9.47 Å². The minimum absolute atomic E-state index is 0.129. The van der Waals surface area contributed by atoms with Crippen LogP contribution in [0.25, 0.3) is 0 Å². The summed E-state index contributed by atoms with van der Waals surface area (Å²) < 4.78 is 11.3. The fourth-order valence-electron chi connectivity index (χ4n) is 2.10. The zero-order valence-electron chi connectivity index (χ0n) is 13.8. The van der Waals surface area contributed by atoms with Crippen LogP contribution in [0, 0.1) is 0 Å². The Balaban J connectivity index is 2.60. The number of hydrogen-bond acceptors (Lipinski definition) is 5. The molecule has 21 heavy (non-hydrogen) atoms. The van der Waals surface area contributed by atoms with Crippen LogP contribution in [-0.2, 0) is 0 Å². The molecule has 1 atom stereocenters. The summed E-state index contributed by atoms with van der Waals surface area (Å²) in [4.78, 5) is 8.42. The van der Waals surface area contributed by atoms with Crippen molar-refractivity contribution in [3.05, 3.63) is 6.33 Å². The molecule has 0 saturated heterocycles. The molecule has 0 bridgehead atoms. The fourth-order valence-corrected chi connectivity index (χ4v) is 2.10. The molecule has 0 fully saturated rings. The van der Waals surface area contributed by atoms with Crippen LogP contribution in [0.5, 0.6) is 11.6 Å². The minimum atomic E-state index is 0.129. The van der Waals surface area contributed by atoms with Crippen molar-refractivity contribution in [2.45, 2.75) is 65.4 Å². The van der Waals surface area contributed by atoms with Crippen molar-refractivity contribution in [1.29, 1.82) is 0 Å². The van der Waals surface area contributed by atoms with Gasteiger partial charge in [0.2, 0.25) is 5.75 Å². The smallest absolute Gasteiger partial charge is 0.262 e. The summed E-state index contributed by atoms with van der Waals surface area (Å²) in [5.41, 5.74) is 0. The van der Waals surface area contributed by atoms with Gasteiger partial charge in [0.05, 0.1) is 13.2 Å². The first kappa shape index (κ1) is 17.5. The van der Waals surface area contributed by atoms with Crippen LogP contribution in [0.15, 0.2) is 6.33 Å². The zero-order chi connectivity index (χ0) is 15.5. The molecule has 1 aromatic rings. The normalized spacial score (nSPS) is 12.0. The Morgan fingerprint density at radius 3 is 2.62 bits per heavy atom. The van der Waals surface area contributed by atoms with E-state index in [1.165, 1.54) is 32.0 Å². The van der Waals surface area contributed by atoms with Crippen molar-refractivity contribution in [1.82, 2.24) is 9.97 Å². The Bertz CT molecular complexity index is 399. The van der Waals surface area contributed by atoms with Gasteiger partial charge in [-0.1, -0.05) is 33.1 Å². The number of rotatable bonds is 11. The molecule has 1 rings (SSSR count). The predicted molar refractivity (Wildman–Crippen MR) is 86.2 cm³/mol. The van der Waals surface area contributed by atoms with E-state index < -0.39 is 0 Å². The SMILES string of the molecule is CCCCCCC(C)Oc1ncnc(NCCC)c1OC. The Morgan fingerprint density at radius 2 is 1.95 bits per heavy atom. The average molecular weight is 295 g/mol. The van der Waals surface area contributed by atoms with Crippen LogP contribution in [0.2, 0.25) is 0 Å². The second kappa shape index (κ2) is 10.2. The number of unbranched alkanes of at least 4 members (excludes halogenated alkanes) is 3. The topological polar surface area (TPSA) is 56.3 Å². The van der Waals surface area contributed by atoms with Gasteiger partial charge in [-0.25, -0.2) is 4.98 Å². The van der Waals surface area contributed by atoms with E-state index in [0.29, 0.717) is 17.4 Å². The molecule has 1 heterocycles. The molecule has 5 nitrogen and oxygen atoms in total. The van der Waals surface area contributed by atoms with E-state index in [-0.39, 0.29) is 6.10 Å². The zero-order valence-corrected chi connectivity index (χ0v) is 13.8. The molecule has 0 aromatic carbocycles. The summed E-state index contributed by atoms with van der Waals surface area (Å²) in [7, 11) is 1.62. The van der Waals surface area contributed by atoms with Gasteiger partial charge in [-0.15, -0.1) is 0 Å². The van der Waals surface area contributed by atoms with Crippen molar-refractivity contribution in [2.75, 3.05) is 19.0 Å². The molecule has 1 unspecified atom stereocenters. The third-order valence-electron chi connectivity index (χ3n) is 3.29. The quantitative estimate of drug-likeness (QED) is 0.624. The number of anilines is 1. The molecule has 0 saturated carbocycles. The van der Waals surface area contributed by atoms with E-state index in [2.05, 4.69) is 36.1 Å². The highest BCUT2D eigenvalue weighted by molar-refractivity contribution is 5.55. The second-order valence-corrected chi connectivity index (χ2v) is 5.27. The molecular formula is C16H29N3O2. The summed E-state index contributed by atoms with van der Waals surface area (Å²) in [5, 5.41) is 3.23. The van der Waals surface area contributed by atoms with Crippen LogP contribution in [-0.4, -0.2) is 29.7 Å². The first-order valence-corrected chi connectivity index (χ1v) is 8.02. The van der Waals surface area contributed by atoms with Crippen LogP contribution < -0.4 is 14.8 Å². The van der Waals surface area contributed by atoms with Crippen molar-refractivity contribution >= 4 is 5.82 Å². The Hall–Kier alpha value is -1.52. The first-order chi connectivity index (χ1) is 10.2. The molecule has 0 aliphatic rings. The standard InChI is InChI=1S/C16H29N3O2/c1-5-7-8-9-10-13(3)21-16-14(20-4)15(17-11-6-2)18-12-19-16/h12-13H,5-11H2,1-4H3,(H,17,18,19). The van der Waals surface area contributed by atoms with Crippen molar-refractivity contribution in [3.63, 3.8) is 0 Å². The number of hydrogen-bond donors (Lipinski definition) is 1. The number of methoxy groups -OCH3 is 1. The maximum Gasteiger partial charge on any atom is 0.262 e. The molecular weight excluding hydrogens is 266 g/mol. The number of ether oxygens (including phenoxy) is 2. The van der Waals surface area contributed by atoms with Gasteiger partial charge in [0.1, 0.15) is 6.33 Å². The molecule has 0 radical (unpaired) electrons. The van der Waals surface area contributed by atoms with E-state index >= 15 is 0 Å². The van der Waals surface area contributed by atoms with Crippen LogP contribution >= 0.6 is 0 Å². The van der Waals surface area contributed by atoms with E-state index in [9.17, 15) is 0 Å². The van der Waals surface area contributed by atoms with E-state index in [1.54, 1.807) is 7.11 Å². The second-order valence-electron chi connectivity index (χ2n) is 5.27. The molecule has 5 heteroatoms. The predicted octanol–water partition coefficient (Wildman–Crippen LogP) is 4.04. The summed E-state index contributed by atoms with van der Waals surface area (Å²) in [6, 6.07) is 0. The lowest BCUT2D eigenvalue weighted by atomic mass is 10.1. The lowest BCUT2D eigenvalue weighted by molar-refractivity contribution is 0.189. The van der Waals surface area contributed by atoms with Gasteiger partial charge in [-0.3, -0.25) is 0 Å². The van der Waals surface area contributed by atoms with Gasteiger partial charge in [0.25, 0.3) is 5.88 Å². The summed E-state index contributed by atoms with van der Waals surface area (Å²) >= 11 is 0. The lowest BCUT2D eigenvalue weighted by Gasteiger charge is -2.17. The molecule has 0 amide bonds. The van der Waals surface area contributed by atoms with Gasteiger partial charge >= 0.3 is 0 Å². The maximum atomic E-state index is 5.92. The Morgan fingerprint density at radius 1 is 1.14 bits per heavy atom. The highest BCUT2D eigenvalue weighted by Gasteiger charge is 2.15. The summed E-state index contributed by atoms with van der Waals surface area (Å²) in [5.74, 6) is 1.81. The van der Waals surface area contributed by atoms with E-state index in [0.717, 1.165) is 19.4 Å². The van der Waals surface area contributed by atoms with Crippen LogP contribution in [0.3, 0.4) is 0 Å². The molecule has 0 spiro atoms. The molecule has 0 aliphatic carbocycles. The molecule has 1 N–H and O–H groups in total. The lowest BCUT2D eigenvalue weighted by Crippen LogP contribution is -2.14. The third kappa shape index (κ3) is 6.19. The Kier molecular flexibility index (Phi) is 8.55. The van der Waals surface area contributed by atoms with Crippen LogP contribution in [0.4, 0.5) is 5.82 Å². The van der Waals surface area contributed by atoms with Gasteiger partial charge in [0.15, 0.2) is 5.82 Å². The third-order valence-corrected chi connectivity index (χ3v) is 3.29. The van der Waals surface area contributed by atoms with Gasteiger partial charge < -0.3 is 14.8 Å². The van der Waals surface area contributed by atoms with Gasteiger partial charge in [-0.2, -0.15) is 4.98 Å². The summed E-state index contributed by atoms with van der Waals surface area (Å²) in [6.45, 7) is 7.25. The number of aromatic nitrogens is 2. The highest BCUT2D eigenvalue weighted by atomic mass is 16.5. The number of nitrogens with one attached hydrogen (secondary N) is 1.